The Bertz CT molecular complexity index is 357. The fourth-order valence-corrected chi connectivity index (χ4v) is 2.53. The topological polar surface area (TPSA) is 59.5 Å². The van der Waals surface area contributed by atoms with Gasteiger partial charge in [0.05, 0.1) is 12.8 Å². The van der Waals surface area contributed by atoms with Crippen molar-refractivity contribution in [3.05, 3.63) is 24.2 Å². The first-order valence-corrected chi connectivity index (χ1v) is 7.71. The zero-order chi connectivity index (χ0) is 14.8. The molecule has 0 saturated carbocycles. The normalized spacial score (nSPS) is 12.3. The number of nitrogens with two attached hydrogens (primary N) is 1. The molecule has 1 unspecified atom stereocenters. The van der Waals surface area contributed by atoms with E-state index in [0.717, 1.165) is 38.0 Å². The SMILES string of the molecule is CCCC(CCN)CCC(=O)N(CC)Cc1ccco1. The summed E-state index contributed by atoms with van der Waals surface area (Å²) in [5.41, 5.74) is 5.63. The Kier molecular flexibility index (Phi) is 8.04. The molecular formula is C16H28N2O2. The average molecular weight is 280 g/mol. The van der Waals surface area contributed by atoms with Crippen molar-refractivity contribution in [2.45, 2.75) is 52.5 Å². The highest BCUT2D eigenvalue weighted by atomic mass is 16.3. The van der Waals surface area contributed by atoms with Gasteiger partial charge in [0.2, 0.25) is 5.91 Å². The molecule has 1 aromatic heterocycles. The van der Waals surface area contributed by atoms with Crippen molar-refractivity contribution in [3.8, 4) is 0 Å². The number of rotatable bonds is 10. The van der Waals surface area contributed by atoms with Crippen LogP contribution in [0.1, 0.15) is 51.7 Å². The fraction of sp³-hybridized carbons (Fsp3) is 0.688. The van der Waals surface area contributed by atoms with Crippen molar-refractivity contribution in [1.82, 2.24) is 4.90 Å². The van der Waals surface area contributed by atoms with Crippen LogP contribution < -0.4 is 5.73 Å². The van der Waals surface area contributed by atoms with Gasteiger partial charge in [-0.25, -0.2) is 0 Å². The van der Waals surface area contributed by atoms with Gasteiger partial charge in [-0.1, -0.05) is 19.8 Å². The molecule has 0 fully saturated rings. The second-order valence-electron chi connectivity index (χ2n) is 5.26. The Morgan fingerprint density at radius 2 is 2.15 bits per heavy atom. The van der Waals surface area contributed by atoms with Crippen LogP contribution in [0.5, 0.6) is 0 Å². The quantitative estimate of drug-likeness (QED) is 0.716. The molecule has 4 nitrogen and oxygen atoms in total. The smallest absolute Gasteiger partial charge is 0.222 e. The molecule has 0 aliphatic heterocycles. The van der Waals surface area contributed by atoms with E-state index in [1.165, 1.54) is 0 Å². The number of carbonyl (C=O) groups is 1. The zero-order valence-electron chi connectivity index (χ0n) is 12.8. The van der Waals surface area contributed by atoms with Gasteiger partial charge in [-0.05, 0) is 44.4 Å². The summed E-state index contributed by atoms with van der Waals surface area (Å²) in [6.45, 7) is 6.18. The second-order valence-corrected chi connectivity index (χ2v) is 5.26. The molecule has 2 N–H and O–H groups in total. The summed E-state index contributed by atoms with van der Waals surface area (Å²) in [5.74, 6) is 1.63. The van der Waals surface area contributed by atoms with Crippen LogP contribution in [0.2, 0.25) is 0 Å². The van der Waals surface area contributed by atoms with Crippen molar-refractivity contribution < 1.29 is 9.21 Å². The molecule has 1 rings (SSSR count). The molecule has 1 atom stereocenters. The maximum Gasteiger partial charge on any atom is 0.222 e. The van der Waals surface area contributed by atoms with Gasteiger partial charge in [-0.15, -0.1) is 0 Å². The maximum absolute atomic E-state index is 12.3. The molecule has 4 heteroatoms. The van der Waals surface area contributed by atoms with Gasteiger partial charge in [-0.3, -0.25) is 4.79 Å². The summed E-state index contributed by atoms with van der Waals surface area (Å²) in [7, 11) is 0. The Hall–Kier alpha value is -1.29. The molecule has 1 aromatic rings. The first-order chi connectivity index (χ1) is 9.71. The van der Waals surface area contributed by atoms with Gasteiger partial charge >= 0.3 is 0 Å². The summed E-state index contributed by atoms with van der Waals surface area (Å²) < 4.78 is 5.31. The fourth-order valence-electron chi connectivity index (χ4n) is 2.53. The number of nitrogens with zero attached hydrogens (tertiary/aromatic N) is 1. The van der Waals surface area contributed by atoms with E-state index in [4.69, 9.17) is 10.2 Å². The van der Waals surface area contributed by atoms with E-state index in [-0.39, 0.29) is 5.91 Å². The van der Waals surface area contributed by atoms with E-state index < -0.39 is 0 Å². The van der Waals surface area contributed by atoms with Gasteiger partial charge in [0.1, 0.15) is 5.76 Å². The lowest BCUT2D eigenvalue weighted by Crippen LogP contribution is -2.30. The second kappa shape index (κ2) is 9.59. The van der Waals surface area contributed by atoms with Gasteiger partial charge < -0.3 is 15.1 Å². The van der Waals surface area contributed by atoms with Crippen LogP contribution in [0, 0.1) is 5.92 Å². The Morgan fingerprint density at radius 1 is 1.35 bits per heavy atom. The Balaban J connectivity index is 2.41. The lowest BCUT2D eigenvalue weighted by Gasteiger charge is -2.21. The number of hydrogen-bond acceptors (Lipinski definition) is 3. The minimum atomic E-state index is 0.210. The molecule has 0 aliphatic carbocycles. The van der Waals surface area contributed by atoms with E-state index in [0.29, 0.717) is 25.4 Å². The monoisotopic (exact) mass is 280 g/mol. The highest BCUT2D eigenvalue weighted by molar-refractivity contribution is 5.76. The Labute approximate surface area is 122 Å². The third kappa shape index (κ3) is 5.78. The Morgan fingerprint density at radius 3 is 2.70 bits per heavy atom. The molecule has 1 heterocycles. The minimum absolute atomic E-state index is 0.210. The van der Waals surface area contributed by atoms with E-state index in [1.54, 1.807) is 6.26 Å². The summed E-state index contributed by atoms with van der Waals surface area (Å²) in [6.07, 6.45) is 6.53. The minimum Gasteiger partial charge on any atom is -0.467 e. The number of furan rings is 1. The van der Waals surface area contributed by atoms with Crippen LogP contribution in [-0.2, 0) is 11.3 Å². The van der Waals surface area contributed by atoms with E-state index in [9.17, 15) is 4.79 Å². The molecule has 0 saturated heterocycles. The number of carbonyl (C=O) groups excluding carboxylic acids is 1. The molecule has 1 amide bonds. The third-order valence-electron chi connectivity index (χ3n) is 3.70. The van der Waals surface area contributed by atoms with Crippen LogP contribution in [0.4, 0.5) is 0 Å². The highest BCUT2D eigenvalue weighted by Crippen LogP contribution is 2.18. The lowest BCUT2D eigenvalue weighted by molar-refractivity contribution is -0.132. The van der Waals surface area contributed by atoms with Crippen molar-refractivity contribution >= 4 is 5.91 Å². The summed E-state index contributed by atoms with van der Waals surface area (Å²) >= 11 is 0. The molecule has 0 spiro atoms. The largest absolute Gasteiger partial charge is 0.467 e. The van der Waals surface area contributed by atoms with E-state index in [2.05, 4.69) is 6.92 Å². The van der Waals surface area contributed by atoms with Gasteiger partial charge in [0, 0.05) is 13.0 Å². The van der Waals surface area contributed by atoms with Crippen LogP contribution in [0.25, 0.3) is 0 Å². The average Bonchev–Trinajstić information content (AvgIpc) is 2.95. The summed E-state index contributed by atoms with van der Waals surface area (Å²) in [4.78, 5) is 14.1. The number of amides is 1. The van der Waals surface area contributed by atoms with Crippen LogP contribution in [0.3, 0.4) is 0 Å². The van der Waals surface area contributed by atoms with Crippen molar-refractivity contribution in [1.29, 1.82) is 0 Å². The highest BCUT2D eigenvalue weighted by Gasteiger charge is 2.16. The standard InChI is InChI=1S/C16H28N2O2/c1-3-6-14(10-11-17)8-9-16(19)18(4-2)13-15-7-5-12-20-15/h5,7,12,14H,3-4,6,8-11,13,17H2,1-2H3. The van der Waals surface area contributed by atoms with Gasteiger partial charge in [-0.2, -0.15) is 0 Å². The van der Waals surface area contributed by atoms with Crippen molar-refractivity contribution in [3.63, 3.8) is 0 Å². The molecule has 0 aliphatic rings. The van der Waals surface area contributed by atoms with Gasteiger partial charge in [0.25, 0.3) is 0 Å². The molecule has 0 aromatic carbocycles. The first kappa shape index (κ1) is 16.8. The number of hydrogen-bond donors (Lipinski definition) is 1. The predicted molar refractivity (Wildman–Crippen MR) is 81.1 cm³/mol. The molecule has 0 radical (unpaired) electrons. The summed E-state index contributed by atoms with van der Waals surface area (Å²) in [6, 6.07) is 3.76. The predicted octanol–water partition coefficient (Wildman–Crippen LogP) is 3.17. The van der Waals surface area contributed by atoms with Crippen LogP contribution in [-0.4, -0.2) is 23.9 Å². The lowest BCUT2D eigenvalue weighted by atomic mass is 9.94. The molecular weight excluding hydrogens is 252 g/mol. The summed E-state index contributed by atoms with van der Waals surface area (Å²) in [5, 5.41) is 0. The zero-order valence-corrected chi connectivity index (χ0v) is 12.8. The van der Waals surface area contributed by atoms with Gasteiger partial charge in [0.15, 0.2) is 0 Å². The van der Waals surface area contributed by atoms with Crippen molar-refractivity contribution in [2.75, 3.05) is 13.1 Å². The van der Waals surface area contributed by atoms with Crippen molar-refractivity contribution in [2.24, 2.45) is 11.7 Å². The molecule has 20 heavy (non-hydrogen) atoms. The molecule has 0 bridgehead atoms. The van der Waals surface area contributed by atoms with E-state index >= 15 is 0 Å². The first-order valence-electron chi connectivity index (χ1n) is 7.71. The van der Waals surface area contributed by atoms with Crippen LogP contribution in [0.15, 0.2) is 22.8 Å². The third-order valence-corrected chi connectivity index (χ3v) is 3.70. The molecule has 114 valence electrons. The maximum atomic E-state index is 12.3. The van der Waals surface area contributed by atoms with E-state index in [1.807, 2.05) is 24.0 Å². The van der Waals surface area contributed by atoms with Crippen LogP contribution >= 0.6 is 0 Å².